The second-order valence-electron chi connectivity index (χ2n) is 5.51. The number of para-hydroxylation sites is 1. The Kier molecular flexibility index (Phi) is 3.53. The fourth-order valence-corrected chi connectivity index (χ4v) is 2.59. The smallest absolute Gasteiger partial charge is 0.349 e. The van der Waals surface area contributed by atoms with Crippen LogP contribution in [0.3, 0.4) is 0 Å². The van der Waals surface area contributed by atoms with Gasteiger partial charge in [0.2, 0.25) is 0 Å². The molecule has 124 valence electrons. The Labute approximate surface area is 140 Å². The van der Waals surface area contributed by atoms with E-state index in [-0.39, 0.29) is 17.9 Å². The third-order valence-electron chi connectivity index (χ3n) is 3.78. The van der Waals surface area contributed by atoms with Crippen molar-refractivity contribution < 1.29 is 13.6 Å². The van der Waals surface area contributed by atoms with E-state index in [1.807, 2.05) is 0 Å². The molecule has 0 spiro atoms. The number of rotatable bonds is 3. The maximum Gasteiger partial charge on any atom is 0.349 e. The number of nitrogens with zero attached hydrogens (tertiary/aromatic N) is 2. The van der Waals surface area contributed by atoms with Crippen LogP contribution >= 0.6 is 0 Å². The molecule has 1 N–H and O–H groups in total. The molecule has 4 rings (SSSR count). The van der Waals surface area contributed by atoms with Crippen LogP contribution in [0, 0.1) is 5.82 Å². The fourth-order valence-electron chi connectivity index (χ4n) is 2.59. The molecule has 0 aliphatic heterocycles. The highest BCUT2D eigenvalue weighted by Gasteiger charge is 2.14. The number of imidazole rings is 1. The van der Waals surface area contributed by atoms with E-state index >= 15 is 0 Å². The molecule has 0 saturated carbocycles. The van der Waals surface area contributed by atoms with Crippen molar-refractivity contribution in [2.75, 3.05) is 0 Å². The van der Waals surface area contributed by atoms with E-state index in [0.717, 1.165) is 0 Å². The van der Waals surface area contributed by atoms with Crippen LogP contribution in [0.1, 0.15) is 16.1 Å². The van der Waals surface area contributed by atoms with Crippen molar-refractivity contribution in [3.63, 3.8) is 0 Å². The molecule has 7 heteroatoms. The molecule has 0 saturated heterocycles. The summed E-state index contributed by atoms with van der Waals surface area (Å²) in [6, 6.07) is 11.3. The van der Waals surface area contributed by atoms with Crippen molar-refractivity contribution in [2.45, 2.75) is 6.54 Å². The van der Waals surface area contributed by atoms with Crippen molar-refractivity contribution >= 4 is 22.5 Å². The molecule has 25 heavy (non-hydrogen) atoms. The minimum absolute atomic E-state index is 0.0755. The Bertz CT molecular complexity index is 1160. The Morgan fingerprint density at radius 1 is 1.20 bits per heavy atom. The number of nitrogens with one attached hydrogen (secondary N) is 1. The largest absolute Gasteiger partial charge is 0.422 e. The van der Waals surface area contributed by atoms with Crippen molar-refractivity contribution in [1.82, 2.24) is 14.7 Å². The van der Waals surface area contributed by atoms with Gasteiger partial charge >= 0.3 is 5.63 Å². The normalized spacial score (nSPS) is 11.1. The van der Waals surface area contributed by atoms with E-state index in [4.69, 9.17) is 4.42 Å². The van der Waals surface area contributed by atoms with Crippen molar-refractivity contribution in [1.29, 1.82) is 0 Å². The summed E-state index contributed by atoms with van der Waals surface area (Å²) in [5, 5.41) is 3.29. The first kappa shape index (κ1) is 15.1. The predicted molar refractivity (Wildman–Crippen MR) is 88.8 cm³/mol. The van der Waals surface area contributed by atoms with E-state index in [0.29, 0.717) is 22.3 Å². The zero-order valence-corrected chi connectivity index (χ0v) is 12.9. The van der Waals surface area contributed by atoms with Crippen LogP contribution < -0.4 is 10.9 Å². The standard InChI is InChI=1S/C18H12FN3O3/c19-12-5-6-16-21-13(10-22(16)9-12)8-20-17(23)14-7-11-3-1-2-4-15(11)25-18(14)24/h1-7,9-10H,8H2,(H,20,23). The number of halogens is 1. The van der Waals surface area contributed by atoms with Crippen LogP contribution in [-0.4, -0.2) is 15.3 Å². The van der Waals surface area contributed by atoms with Crippen LogP contribution in [0.15, 0.2) is 64.1 Å². The monoisotopic (exact) mass is 337 g/mol. The first-order valence-corrected chi connectivity index (χ1v) is 7.54. The SMILES string of the molecule is O=C(NCc1cn2cc(F)ccc2n1)c1cc2ccccc2oc1=O. The van der Waals surface area contributed by atoms with Gasteiger partial charge < -0.3 is 14.1 Å². The second-order valence-corrected chi connectivity index (χ2v) is 5.51. The van der Waals surface area contributed by atoms with Gasteiger partial charge in [-0.25, -0.2) is 14.2 Å². The van der Waals surface area contributed by atoms with Gasteiger partial charge in [0.25, 0.3) is 5.91 Å². The van der Waals surface area contributed by atoms with E-state index in [1.54, 1.807) is 36.5 Å². The summed E-state index contributed by atoms with van der Waals surface area (Å²) in [5.74, 6) is -0.933. The molecule has 3 heterocycles. The number of pyridine rings is 1. The summed E-state index contributed by atoms with van der Waals surface area (Å²) in [6.07, 6.45) is 2.91. The maximum absolute atomic E-state index is 13.2. The summed E-state index contributed by atoms with van der Waals surface area (Å²) in [6.45, 7) is 0.106. The zero-order valence-electron chi connectivity index (χ0n) is 12.9. The summed E-state index contributed by atoms with van der Waals surface area (Å²) in [4.78, 5) is 28.5. The van der Waals surface area contributed by atoms with Gasteiger partial charge in [0.05, 0.1) is 12.2 Å². The lowest BCUT2D eigenvalue weighted by Gasteiger charge is -2.03. The number of carbonyl (C=O) groups excluding carboxylic acids is 1. The van der Waals surface area contributed by atoms with Crippen LogP contribution in [-0.2, 0) is 6.54 Å². The number of hydrogen-bond donors (Lipinski definition) is 1. The highest BCUT2D eigenvalue weighted by atomic mass is 19.1. The number of carbonyl (C=O) groups is 1. The summed E-state index contributed by atoms with van der Waals surface area (Å²) < 4.78 is 19.9. The lowest BCUT2D eigenvalue weighted by atomic mass is 10.2. The first-order valence-electron chi connectivity index (χ1n) is 7.54. The number of benzene rings is 1. The lowest BCUT2D eigenvalue weighted by Crippen LogP contribution is -2.27. The Balaban J connectivity index is 1.57. The molecule has 0 atom stereocenters. The van der Waals surface area contributed by atoms with Crippen LogP contribution in [0.4, 0.5) is 4.39 Å². The van der Waals surface area contributed by atoms with Crippen molar-refractivity contribution in [3.05, 3.63) is 82.4 Å². The molecule has 1 aromatic carbocycles. The van der Waals surface area contributed by atoms with Gasteiger partial charge in [-0.2, -0.15) is 0 Å². The van der Waals surface area contributed by atoms with E-state index < -0.39 is 11.5 Å². The molecular weight excluding hydrogens is 325 g/mol. The van der Waals surface area contributed by atoms with E-state index in [1.165, 1.54) is 22.7 Å². The number of aromatic nitrogens is 2. The number of amides is 1. The van der Waals surface area contributed by atoms with E-state index in [2.05, 4.69) is 10.3 Å². The molecule has 1 amide bonds. The van der Waals surface area contributed by atoms with Gasteiger partial charge in [-0.15, -0.1) is 0 Å². The number of hydrogen-bond acceptors (Lipinski definition) is 4. The predicted octanol–water partition coefficient (Wildman–Crippen LogP) is 2.51. The van der Waals surface area contributed by atoms with Crippen molar-refractivity contribution in [3.8, 4) is 0 Å². The first-order chi connectivity index (χ1) is 12.1. The summed E-state index contributed by atoms with van der Waals surface area (Å²) >= 11 is 0. The average Bonchev–Trinajstić information content (AvgIpc) is 3.01. The van der Waals surface area contributed by atoms with Gasteiger partial charge in [0, 0.05) is 17.8 Å². The van der Waals surface area contributed by atoms with Gasteiger partial charge in [0.15, 0.2) is 0 Å². The average molecular weight is 337 g/mol. The molecular formula is C18H12FN3O3. The molecule has 0 radical (unpaired) electrons. The lowest BCUT2D eigenvalue weighted by molar-refractivity contribution is 0.0947. The maximum atomic E-state index is 13.2. The zero-order chi connectivity index (χ0) is 17.4. The minimum Gasteiger partial charge on any atom is -0.422 e. The highest BCUT2D eigenvalue weighted by molar-refractivity contribution is 5.96. The topological polar surface area (TPSA) is 76.6 Å². The third-order valence-corrected chi connectivity index (χ3v) is 3.78. The Hall–Kier alpha value is -3.48. The van der Waals surface area contributed by atoms with Crippen LogP contribution in [0.25, 0.3) is 16.6 Å². The quantitative estimate of drug-likeness (QED) is 0.583. The van der Waals surface area contributed by atoms with Gasteiger partial charge in [0.1, 0.15) is 22.6 Å². The fraction of sp³-hybridized carbons (Fsp3) is 0.0556. The summed E-state index contributed by atoms with van der Waals surface area (Å²) in [5.41, 5.74) is 0.758. The Morgan fingerprint density at radius 2 is 2.04 bits per heavy atom. The Morgan fingerprint density at radius 3 is 2.92 bits per heavy atom. The molecule has 4 aromatic rings. The van der Waals surface area contributed by atoms with E-state index in [9.17, 15) is 14.0 Å². The third kappa shape index (κ3) is 2.87. The molecule has 0 aliphatic rings. The second kappa shape index (κ2) is 5.86. The van der Waals surface area contributed by atoms with Gasteiger partial charge in [-0.05, 0) is 24.3 Å². The van der Waals surface area contributed by atoms with Crippen molar-refractivity contribution in [2.24, 2.45) is 0 Å². The molecule has 0 bridgehead atoms. The van der Waals surface area contributed by atoms with Gasteiger partial charge in [-0.3, -0.25) is 4.79 Å². The minimum atomic E-state index is -0.701. The van der Waals surface area contributed by atoms with Gasteiger partial charge in [-0.1, -0.05) is 18.2 Å². The summed E-state index contributed by atoms with van der Waals surface area (Å²) in [7, 11) is 0. The molecule has 6 nitrogen and oxygen atoms in total. The van der Waals surface area contributed by atoms with Crippen LogP contribution in [0.2, 0.25) is 0 Å². The molecule has 0 unspecified atom stereocenters. The molecule has 3 aromatic heterocycles. The molecule has 0 aliphatic carbocycles. The number of fused-ring (bicyclic) bond motifs is 2. The van der Waals surface area contributed by atoms with Crippen LogP contribution in [0.5, 0.6) is 0 Å². The molecule has 0 fully saturated rings. The highest BCUT2D eigenvalue weighted by Crippen LogP contribution is 2.13.